The zero-order chi connectivity index (χ0) is 23.6. The molecule has 4 rings (SSSR count). The number of hydrogen-bond acceptors (Lipinski definition) is 2. The summed E-state index contributed by atoms with van der Waals surface area (Å²) >= 11 is 7.32. The Labute approximate surface area is 198 Å². The molecule has 1 heterocycles. The molecular formula is C25H20ClF3N2OS. The van der Waals surface area contributed by atoms with Crippen LogP contribution in [-0.4, -0.2) is 16.2 Å². The number of para-hydroxylation sites is 1. The minimum absolute atomic E-state index is 0.0327. The van der Waals surface area contributed by atoms with Gasteiger partial charge in [-0.15, -0.1) is 11.8 Å². The van der Waals surface area contributed by atoms with Crippen molar-refractivity contribution in [1.29, 1.82) is 0 Å². The fraction of sp³-hybridized carbons (Fsp3) is 0.160. The highest BCUT2D eigenvalue weighted by atomic mass is 35.5. The Morgan fingerprint density at radius 1 is 1.06 bits per heavy atom. The summed E-state index contributed by atoms with van der Waals surface area (Å²) in [5, 5.41) is 3.56. The quantitative estimate of drug-likeness (QED) is 0.287. The first-order valence-electron chi connectivity index (χ1n) is 10.1. The first-order valence-corrected chi connectivity index (χ1v) is 11.5. The van der Waals surface area contributed by atoms with Crippen molar-refractivity contribution in [3.05, 3.63) is 94.6 Å². The number of carbonyl (C=O) groups is 1. The minimum atomic E-state index is -4.52. The molecule has 0 radical (unpaired) electrons. The molecule has 170 valence electrons. The van der Waals surface area contributed by atoms with E-state index in [4.69, 9.17) is 11.6 Å². The molecule has 0 aliphatic heterocycles. The number of hydrogen-bond donors (Lipinski definition) is 1. The monoisotopic (exact) mass is 488 g/mol. The molecule has 3 aromatic carbocycles. The maximum absolute atomic E-state index is 13.0. The zero-order valence-corrected chi connectivity index (χ0v) is 19.2. The summed E-state index contributed by atoms with van der Waals surface area (Å²) in [6.45, 7) is 2.76. The lowest BCUT2D eigenvalue weighted by atomic mass is 10.1. The smallest absolute Gasteiger partial charge is 0.342 e. The maximum Gasteiger partial charge on any atom is 0.416 e. The Balaban J connectivity index is 1.51. The fourth-order valence-corrected chi connectivity index (χ4v) is 4.61. The number of anilines is 1. The molecule has 0 unspecified atom stereocenters. The molecule has 1 aromatic heterocycles. The molecule has 0 atom stereocenters. The van der Waals surface area contributed by atoms with E-state index in [9.17, 15) is 18.0 Å². The van der Waals surface area contributed by atoms with Crippen LogP contribution in [0.1, 0.15) is 16.7 Å². The largest absolute Gasteiger partial charge is 0.416 e. The lowest BCUT2D eigenvalue weighted by Gasteiger charge is -2.11. The van der Waals surface area contributed by atoms with Crippen molar-refractivity contribution in [1.82, 2.24) is 4.57 Å². The summed E-state index contributed by atoms with van der Waals surface area (Å²) in [6, 6.07) is 19.0. The predicted molar refractivity (Wildman–Crippen MR) is 128 cm³/mol. The molecule has 8 heteroatoms. The molecule has 0 aliphatic carbocycles. The lowest BCUT2D eigenvalue weighted by molar-refractivity contribution is -0.137. The average molecular weight is 489 g/mol. The molecule has 0 saturated heterocycles. The predicted octanol–water partition coefficient (Wildman–Crippen LogP) is 7.40. The molecule has 4 aromatic rings. The first-order chi connectivity index (χ1) is 15.7. The third-order valence-electron chi connectivity index (χ3n) is 5.28. The fourth-order valence-electron chi connectivity index (χ4n) is 3.56. The van der Waals surface area contributed by atoms with Crippen LogP contribution in [0.2, 0.25) is 5.02 Å². The molecule has 1 N–H and O–H groups in total. The number of nitrogens with one attached hydrogen (secondary N) is 1. The molecule has 0 aliphatic rings. The molecule has 0 saturated carbocycles. The van der Waals surface area contributed by atoms with E-state index in [2.05, 4.69) is 28.9 Å². The minimum Gasteiger partial charge on any atom is -0.342 e. The van der Waals surface area contributed by atoms with Crippen LogP contribution < -0.4 is 5.32 Å². The molecule has 1 amide bonds. The lowest BCUT2D eigenvalue weighted by Crippen LogP contribution is -2.15. The normalized spacial score (nSPS) is 11.7. The summed E-state index contributed by atoms with van der Waals surface area (Å²) in [7, 11) is 0. The average Bonchev–Trinajstić information content (AvgIpc) is 3.12. The van der Waals surface area contributed by atoms with Crippen LogP contribution in [-0.2, 0) is 17.5 Å². The van der Waals surface area contributed by atoms with Crippen LogP contribution >= 0.6 is 23.4 Å². The standard InChI is InChI=1S/C25H20ClF3N2OS/c1-16-6-2-3-7-17(16)13-31-14-23(19-8-4-5-9-22(19)31)33-15-24(32)30-21-12-18(25(27,28)29)10-11-20(21)26/h2-12,14H,13,15H2,1H3,(H,30,32). The van der Waals surface area contributed by atoms with E-state index in [1.54, 1.807) is 0 Å². The second kappa shape index (κ2) is 9.53. The SMILES string of the molecule is Cc1ccccc1Cn1cc(SCC(=O)Nc2cc(C(F)(F)F)ccc2Cl)c2ccccc21. The summed E-state index contributed by atoms with van der Waals surface area (Å²) in [5.74, 6) is -0.401. The molecule has 0 spiro atoms. The van der Waals surface area contributed by atoms with Gasteiger partial charge < -0.3 is 9.88 Å². The molecule has 33 heavy (non-hydrogen) atoms. The van der Waals surface area contributed by atoms with Crippen LogP contribution in [0.25, 0.3) is 10.9 Å². The van der Waals surface area contributed by atoms with Gasteiger partial charge in [-0.25, -0.2) is 0 Å². The number of rotatable bonds is 6. The Morgan fingerprint density at radius 3 is 2.55 bits per heavy atom. The van der Waals surface area contributed by atoms with Crippen molar-refractivity contribution in [3.63, 3.8) is 0 Å². The number of amides is 1. The number of carbonyl (C=O) groups excluding carboxylic acids is 1. The number of halogens is 4. The molecule has 0 fully saturated rings. The van der Waals surface area contributed by atoms with Crippen LogP contribution in [0.3, 0.4) is 0 Å². The van der Waals surface area contributed by atoms with Gasteiger partial charge in [0.1, 0.15) is 0 Å². The van der Waals surface area contributed by atoms with Gasteiger partial charge in [0.25, 0.3) is 0 Å². The zero-order valence-electron chi connectivity index (χ0n) is 17.6. The van der Waals surface area contributed by atoms with E-state index in [-0.39, 0.29) is 16.5 Å². The maximum atomic E-state index is 13.0. The highest BCUT2D eigenvalue weighted by Gasteiger charge is 2.31. The van der Waals surface area contributed by atoms with Gasteiger partial charge in [-0.1, -0.05) is 54.1 Å². The third-order valence-corrected chi connectivity index (χ3v) is 6.65. The van der Waals surface area contributed by atoms with Gasteiger partial charge in [0.15, 0.2) is 0 Å². The second-order valence-electron chi connectivity index (χ2n) is 7.59. The Bertz CT molecular complexity index is 1320. The van der Waals surface area contributed by atoms with Gasteiger partial charge in [-0.3, -0.25) is 4.79 Å². The number of nitrogens with zero attached hydrogens (tertiary/aromatic N) is 1. The van der Waals surface area contributed by atoms with Gasteiger partial charge in [-0.2, -0.15) is 13.2 Å². The van der Waals surface area contributed by atoms with Crippen molar-refractivity contribution >= 4 is 45.9 Å². The van der Waals surface area contributed by atoms with Gasteiger partial charge in [0, 0.05) is 28.5 Å². The van der Waals surface area contributed by atoms with Crippen molar-refractivity contribution in [2.24, 2.45) is 0 Å². The Hall–Kier alpha value is -2.90. The number of benzene rings is 3. The van der Waals surface area contributed by atoms with Crippen LogP contribution in [0.5, 0.6) is 0 Å². The second-order valence-corrected chi connectivity index (χ2v) is 9.02. The summed E-state index contributed by atoms with van der Waals surface area (Å²) in [5.41, 5.74) is 2.52. The third kappa shape index (κ3) is 5.37. The molecular weight excluding hydrogens is 469 g/mol. The van der Waals surface area contributed by atoms with Gasteiger partial charge in [0.2, 0.25) is 5.91 Å². The van der Waals surface area contributed by atoms with E-state index in [1.165, 1.54) is 22.9 Å². The first kappa shape index (κ1) is 23.3. The summed E-state index contributed by atoms with van der Waals surface area (Å²) < 4.78 is 41.1. The van der Waals surface area contributed by atoms with Crippen molar-refractivity contribution < 1.29 is 18.0 Å². The van der Waals surface area contributed by atoms with Crippen LogP contribution in [0.15, 0.2) is 77.8 Å². The summed E-state index contributed by atoms with van der Waals surface area (Å²) in [4.78, 5) is 13.4. The van der Waals surface area contributed by atoms with E-state index in [0.717, 1.165) is 34.0 Å². The number of alkyl halides is 3. The van der Waals surface area contributed by atoms with Crippen LogP contribution in [0, 0.1) is 6.92 Å². The number of aromatic nitrogens is 1. The Morgan fingerprint density at radius 2 is 1.79 bits per heavy atom. The molecule has 0 bridgehead atoms. The van der Waals surface area contributed by atoms with Gasteiger partial charge in [0.05, 0.1) is 22.0 Å². The summed E-state index contributed by atoms with van der Waals surface area (Å²) in [6.07, 6.45) is -2.51. The number of aryl methyl sites for hydroxylation is 1. The van der Waals surface area contributed by atoms with E-state index in [0.29, 0.717) is 6.54 Å². The van der Waals surface area contributed by atoms with E-state index in [1.807, 2.05) is 42.6 Å². The van der Waals surface area contributed by atoms with Gasteiger partial charge >= 0.3 is 6.18 Å². The Kier molecular flexibility index (Phi) is 6.72. The number of thioether (sulfide) groups is 1. The van der Waals surface area contributed by atoms with Gasteiger partial charge in [-0.05, 0) is 42.3 Å². The van der Waals surface area contributed by atoms with Crippen LogP contribution in [0.4, 0.5) is 18.9 Å². The highest BCUT2D eigenvalue weighted by Crippen LogP contribution is 2.34. The van der Waals surface area contributed by atoms with Crippen molar-refractivity contribution in [2.45, 2.75) is 24.5 Å². The van der Waals surface area contributed by atoms with Crippen molar-refractivity contribution in [2.75, 3.05) is 11.1 Å². The van der Waals surface area contributed by atoms with E-state index >= 15 is 0 Å². The highest BCUT2D eigenvalue weighted by molar-refractivity contribution is 8.00. The topological polar surface area (TPSA) is 34.0 Å². The molecule has 3 nitrogen and oxygen atoms in total. The number of fused-ring (bicyclic) bond motifs is 1. The van der Waals surface area contributed by atoms with E-state index < -0.39 is 17.6 Å². The van der Waals surface area contributed by atoms with Crippen molar-refractivity contribution in [3.8, 4) is 0 Å².